The van der Waals surface area contributed by atoms with Crippen molar-refractivity contribution < 1.29 is 23.8 Å². The lowest BCUT2D eigenvalue weighted by molar-refractivity contribution is -0.132. The van der Waals surface area contributed by atoms with Gasteiger partial charge in [0.2, 0.25) is 5.13 Å². The van der Waals surface area contributed by atoms with Crippen molar-refractivity contribution in [3.8, 4) is 5.75 Å². The number of aromatic nitrogens is 2. The number of benzene rings is 3. The number of ether oxygens (including phenoxy) is 1. The number of aliphatic hydroxyl groups excluding tert-OH is 1. The van der Waals surface area contributed by atoms with Gasteiger partial charge in [0.25, 0.3) is 5.78 Å². The van der Waals surface area contributed by atoms with Gasteiger partial charge < -0.3 is 9.84 Å². The molecule has 1 unspecified atom stereocenters. The zero-order chi connectivity index (χ0) is 28.9. The van der Waals surface area contributed by atoms with Gasteiger partial charge in [-0.3, -0.25) is 14.5 Å². The third-order valence-electron chi connectivity index (χ3n) is 6.44. The van der Waals surface area contributed by atoms with E-state index in [4.69, 9.17) is 16.3 Å². The predicted molar refractivity (Wildman–Crippen MR) is 159 cm³/mol. The van der Waals surface area contributed by atoms with Crippen LogP contribution < -0.4 is 9.64 Å². The van der Waals surface area contributed by atoms with Gasteiger partial charge in [0.15, 0.2) is 4.34 Å². The van der Waals surface area contributed by atoms with Crippen LogP contribution in [-0.2, 0) is 15.3 Å². The summed E-state index contributed by atoms with van der Waals surface area (Å²) in [4.78, 5) is 28.1. The number of halogens is 2. The molecule has 1 fully saturated rings. The van der Waals surface area contributed by atoms with Crippen LogP contribution >= 0.6 is 34.7 Å². The van der Waals surface area contributed by atoms with E-state index in [1.165, 1.54) is 40.9 Å². The van der Waals surface area contributed by atoms with Crippen molar-refractivity contribution in [1.29, 1.82) is 0 Å². The summed E-state index contributed by atoms with van der Waals surface area (Å²) in [6, 6.07) is 18.6. The van der Waals surface area contributed by atoms with Crippen LogP contribution in [0.15, 0.2) is 82.7 Å². The number of hydrogen-bond acceptors (Lipinski definition) is 8. The largest absolute Gasteiger partial charge is 0.507 e. The number of amides is 1. The van der Waals surface area contributed by atoms with Gasteiger partial charge >= 0.3 is 5.91 Å². The molecule has 2 heterocycles. The molecule has 210 valence electrons. The number of thioether (sulfide) groups is 1. The first-order chi connectivity index (χ1) is 19.9. The van der Waals surface area contributed by atoms with Gasteiger partial charge in [0.1, 0.15) is 17.3 Å². The molecule has 0 spiro atoms. The summed E-state index contributed by atoms with van der Waals surface area (Å²) in [6.45, 7) is 2.64. The SMILES string of the molecule is CCCCOc1ccc(C2/C(=C(/O)c3ccc(F)cc3)C(=O)C(=O)N2c2nnc(SCc3ccccc3Cl)s2)cc1. The number of nitrogens with zero attached hydrogens (tertiary/aromatic N) is 3. The molecule has 1 atom stereocenters. The van der Waals surface area contributed by atoms with Gasteiger partial charge in [0, 0.05) is 16.3 Å². The zero-order valence-corrected chi connectivity index (χ0v) is 24.3. The minimum atomic E-state index is -0.987. The maximum absolute atomic E-state index is 13.6. The second-order valence-electron chi connectivity index (χ2n) is 9.18. The normalized spacial score (nSPS) is 16.4. The average Bonchev–Trinajstić information content (AvgIpc) is 3.55. The quantitative estimate of drug-likeness (QED) is 0.0499. The van der Waals surface area contributed by atoms with Crippen molar-refractivity contribution >= 4 is 57.3 Å². The Balaban J connectivity index is 1.51. The van der Waals surface area contributed by atoms with Crippen LogP contribution in [0, 0.1) is 5.82 Å². The summed E-state index contributed by atoms with van der Waals surface area (Å²) >= 11 is 8.84. The van der Waals surface area contributed by atoms with Crippen molar-refractivity contribution in [3.05, 3.63) is 106 Å². The summed E-state index contributed by atoms with van der Waals surface area (Å²) in [6.07, 6.45) is 1.91. The summed E-state index contributed by atoms with van der Waals surface area (Å²) in [5.74, 6) is -1.43. The number of Topliss-reactive ketones (excluding diaryl/α,β-unsaturated/α-hetero) is 1. The highest BCUT2D eigenvalue weighted by Crippen LogP contribution is 2.44. The van der Waals surface area contributed by atoms with E-state index in [9.17, 15) is 19.1 Å². The summed E-state index contributed by atoms with van der Waals surface area (Å²) in [5, 5.41) is 20.5. The lowest BCUT2D eigenvalue weighted by atomic mass is 9.95. The predicted octanol–water partition coefficient (Wildman–Crippen LogP) is 7.43. The van der Waals surface area contributed by atoms with Crippen LogP contribution in [0.4, 0.5) is 9.52 Å². The Morgan fingerprint density at radius 3 is 2.51 bits per heavy atom. The standard InChI is InChI=1S/C30H25ClFN3O4S2/c1-2-3-16-39-22-14-10-18(11-15-22)25-24(26(36)19-8-12-21(32)13-9-19)27(37)28(38)35(25)29-33-34-30(41-29)40-17-20-6-4-5-7-23(20)31/h4-15,25,36H,2-3,16-17H2,1H3/b26-24-. The van der Waals surface area contributed by atoms with Crippen LogP contribution in [0.2, 0.25) is 5.02 Å². The first-order valence-electron chi connectivity index (χ1n) is 12.9. The fourth-order valence-corrected chi connectivity index (χ4v) is 6.46. The van der Waals surface area contributed by atoms with Crippen LogP contribution in [0.25, 0.3) is 5.76 Å². The molecular formula is C30H25ClFN3O4S2. The van der Waals surface area contributed by atoms with Crippen molar-refractivity contribution in [2.45, 2.75) is 35.9 Å². The Morgan fingerprint density at radius 2 is 1.80 bits per heavy atom. The smallest absolute Gasteiger partial charge is 0.301 e. The van der Waals surface area contributed by atoms with Gasteiger partial charge in [-0.2, -0.15) is 0 Å². The lowest BCUT2D eigenvalue weighted by Gasteiger charge is -2.22. The summed E-state index contributed by atoms with van der Waals surface area (Å²) in [5.41, 5.74) is 1.58. The highest BCUT2D eigenvalue weighted by Gasteiger charge is 2.48. The van der Waals surface area contributed by atoms with E-state index in [1.54, 1.807) is 24.3 Å². The Hall–Kier alpha value is -3.73. The van der Waals surface area contributed by atoms with Gasteiger partial charge in [-0.25, -0.2) is 4.39 Å². The number of ketones is 1. The van der Waals surface area contributed by atoms with Gasteiger partial charge in [-0.1, -0.05) is 78.4 Å². The third kappa shape index (κ3) is 6.29. The fourth-order valence-electron chi connectivity index (χ4n) is 4.30. The topological polar surface area (TPSA) is 92.6 Å². The second-order valence-corrected chi connectivity index (χ2v) is 11.8. The van der Waals surface area contributed by atoms with Crippen LogP contribution in [-0.4, -0.2) is 33.6 Å². The number of aliphatic hydroxyl groups is 1. The maximum Gasteiger partial charge on any atom is 0.301 e. The first kappa shape index (κ1) is 28.8. The molecule has 0 aliphatic carbocycles. The molecule has 1 aliphatic heterocycles. The molecule has 1 amide bonds. The molecule has 0 saturated carbocycles. The highest BCUT2D eigenvalue weighted by molar-refractivity contribution is 8.00. The van der Waals surface area contributed by atoms with Crippen molar-refractivity contribution in [1.82, 2.24) is 10.2 Å². The minimum Gasteiger partial charge on any atom is -0.507 e. The second kappa shape index (κ2) is 12.8. The van der Waals surface area contributed by atoms with Crippen LogP contribution in [0.5, 0.6) is 5.75 Å². The van der Waals surface area contributed by atoms with Gasteiger partial charge in [0.05, 0.1) is 18.2 Å². The summed E-state index contributed by atoms with van der Waals surface area (Å²) in [7, 11) is 0. The number of hydrogen-bond donors (Lipinski definition) is 1. The van der Waals surface area contributed by atoms with Crippen molar-refractivity contribution in [3.63, 3.8) is 0 Å². The van der Waals surface area contributed by atoms with E-state index in [0.29, 0.717) is 33.0 Å². The van der Waals surface area contributed by atoms with Crippen LogP contribution in [0.1, 0.15) is 42.5 Å². The number of rotatable bonds is 10. The van der Waals surface area contributed by atoms with Crippen LogP contribution in [0.3, 0.4) is 0 Å². The Kier molecular flexibility index (Phi) is 9.02. The maximum atomic E-state index is 13.6. The molecule has 3 aromatic carbocycles. The van der Waals surface area contributed by atoms with E-state index >= 15 is 0 Å². The summed E-state index contributed by atoms with van der Waals surface area (Å²) < 4.78 is 19.9. The van der Waals surface area contributed by atoms with Gasteiger partial charge in [-0.05, 0) is 60.0 Å². The number of unbranched alkanes of at least 4 members (excludes halogenated alkanes) is 1. The molecular weight excluding hydrogens is 585 g/mol. The third-order valence-corrected chi connectivity index (χ3v) is 8.91. The number of anilines is 1. The Bertz CT molecular complexity index is 1590. The lowest BCUT2D eigenvalue weighted by Crippen LogP contribution is -2.29. The molecule has 1 aliphatic rings. The monoisotopic (exact) mass is 609 g/mol. The Labute approximate surface area is 249 Å². The van der Waals surface area contributed by atoms with E-state index in [2.05, 4.69) is 17.1 Å². The molecule has 11 heteroatoms. The van der Waals surface area contributed by atoms with E-state index in [1.807, 2.05) is 24.3 Å². The molecule has 1 N–H and O–H groups in total. The van der Waals surface area contributed by atoms with E-state index in [0.717, 1.165) is 29.7 Å². The van der Waals surface area contributed by atoms with Crippen molar-refractivity contribution in [2.75, 3.05) is 11.5 Å². The minimum absolute atomic E-state index is 0.123. The molecule has 0 radical (unpaired) electrons. The molecule has 0 bridgehead atoms. The molecule has 7 nitrogen and oxygen atoms in total. The molecule has 1 saturated heterocycles. The van der Waals surface area contributed by atoms with E-state index < -0.39 is 29.3 Å². The number of carbonyl (C=O) groups is 2. The number of carbonyl (C=O) groups excluding carboxylic acids is 2. The highest BCUT2D eigenvalue weighted by atomic mass is 35.5. The fraction of sp³-hybridized carbons (Fsp3) is 0.200. The molecule has 5 rings (SSSR count). The average molecular weight is 610 g/mol. The molecule has 4 aromatic rings. The zero-order valence-electron chi connectivity index (χ0n) is 21.9. The van der Waals surface area contributed by atoms with Gasteiger partial charge in [-0.15, -0.1) is 10.2 Å². The molecule has 1 aromatic heterocycles. The first-order valence-corrected chi connectivity index (χ1v) is 15.0. The molecule has 41 heavy (non-hydrogen) atoms. The Morgan fingerprint density at radius 1 is 1.07 bits per heavy atom. The van der Waals surface area contributed by atoms with Crippen molar-refractivity contribution in [2.24, 2.45) is 0 Å². The van der Waals surface area contributed by atoms with E-state index in [-0.39, 0.29) is 16.3 Å².